The molecular formula is C24H33NO6S. The number of ketones is 1. The molecule has 2 aliphatic rings. The van der Waals surface area contributed by atoms with E-state index in [4.69, 9.17) is 14.6 Å². The molecular weight excluding hydrogens is 430 g/mol. The molecule has 176 valence electrons. The van der Waals surface area contributed by atoms with Crippen molar-refractivity contribution in [1.29, 1.82) is 0 Å². The Bertz CT molecular complexity index is 818. The van der Waals surface area contributed by atoms with Crippen molar-refractivity contribution in [3.8, 4) is 0 Å². The Morgan fingerprint density at radius 1 is 1.25 bits per heavy atom. The van der Waals surface area contributed by atoms with Gasteiger partial charge in [0.2, 0.25) is 0 Å². The number of nitrogens with zero attached hydrogens (tertiary/aromatic N) is 1. The van der Waals surface area contributed by atoms with Gasteiger partial charge in [-0.05, 0) is 37.0 Å². The molecule has 0 amide bonds. The summed E-state index contributed by atoms with van der Waals surface area (Å²) < 4.78 is 23.3. The van der Waals surface area contributed by atoms with E-state index >= 15 is 0 Å². The Hall–Kier alpha value is -1.87. The van der Waals surface area contributed by atoms with Gasteiger partial charge in [0.1, 0.15) is 0 Å². The molecule has 1 N–H and O–H groups in total. The van der Waals surface area contributed by atoms with Gasteiger partial charge in [0.25, 0.3) is 0 Å². The summed E-state index contributed by atoms with van der Waals surface area (Å²) in [5.74, 6) is -0.504. The number of benzene rings is 1. The minimum absolute atomic E-state index is 0.0544. The van der Waals surface area contributed by atoms with Crippen molar-refractivity contribution >= 4 is 22.6 Å². The van der Waals surface area contributed by atoms with Crippen LogP contribution < -0.4 is 0 Å². The van der Waals surface area contributed by atoms with Crippen LogP contribution >= 0.6 is 0 Å². The van der Waals surface area contributed by atoms with Crippen LogP contribution in [0.1, 0.15) is 37.7 Å². The minimum atomic E-state index is -1.01. The van der Waals surface area contributed by atoms with Crippen molar-refractivity contribution in [2.45, 2.75) is 55.8 Å². The van der Waals surface area contributed by atoms with Gasteiger partial charge in [-0.15, -0.1) is 0 Å². The molecule has 0 radical (unpaired) electrons. The van der Waals surface area contributed by atoms with E-state index in [1.54, 1.807) is 6.26 Å². The van der Waals surface area contributed by atoms with Gasteiger partial charge in [-0.1, -0.05) is 24.3 Å². The summed E-state index contributed by atoms with van der Waals surface area (Å²) in [5.41, 5.74) is 0.990. The predicted octanol–water partition coefficient (Wildman–Crippen LogP) is 2.80. The third-order valence-corrected chi connectivity index (χ3v) is 7.05. The molecule has 0 spiro atoms. The fourth-order valence-electron chi connectivity index (χ4n) is 4.43. The topological polar surface area (TPSA) is 93.1 Å². The molecule has 1 aromatic rings. The summed E-state index contributed by atoms with van der Waals surface area (Å²) in [6, 6.07) is 7.37. The number of hydrogen-bond acceptors (Lipinski definition) is 6. The zero-order valence-corrected chi connectivity index (χ0v) is 19.4. The molecule has 2 fully saturated rings. The molecule has 0 aromatic heterocycles. The van der Waals surface area contributed by atoms with E-state index in [1.807, 2.05) is 30.3 Å². The average molecular weight is 464 g/mol. The highest BCUT2D eigenvalue weighted by Gasteiger charge is 2.45. The first-order valence-corrected chi connectivity index (χ1v) is 12.8. The molecule has 1 aromatic carbocycles. The molecule has 7 nitrogen and oxygen atoms in total. The predicted molar refractivity (Wildman–Crippen MR) is 122 cm³/mol. The number of carbonyl (C=O) groups is 2. The summed E-state index contributed by atoms with van der Waals surface area (Å²) >= 11 is 0. The molecule has 1 saturated carbocycles. The second-order valence-corrected chi connectivity index (χ2v) is 9.75. The van der Waals surface area contributed by atoms with E-state index in [9.17, 15) is 13.8 Å². The van der Waals surface area contributed by atoms with E-state index in [-0.39, 0.29) is 30.3 Å². The molecule has 1 aliphatic heterocycles. The fourth-order valence-corrected chi connectivity index (χ4v) is 4.95. The van der Waals surface area contributed by atoms with Crippen molar-refractivity contribution in [1.82, 2.24) is 4.90 Å². The van der Waals surface area contributed by atoms with Crippen LogP contribution in [0, 0.1) is 5.92 Å². The van der Waals surface area contributed by atoms with Gasteiger partial charge < -0.3 is 14.6 Å². The van der Waals surface area contributed by atoms with Crippen LogP contribution in [-0.2, 0) is 36.5 Å². The average Bonchev–Trinajstić information content (AvgIpc) is 3.10. The molecule has 8 heteroatoms. The fraction of sp³-hybridized carbons (Fsp3) is 0.583. The monoisotopic (exact) mass is 463 g/mol. The van der Waals surface area contributed by atoms with E-state index in [2.05, 4.69) is 11.0 Å². The normalized spacial score (nSPS) is 25.4. The smallest absolute Gasteiger partial charge is 0.303 e. The lowest BCUT2D eigenvalue weighted by molar-refractivity contribution is -0.137. The van der Waals surface area contributed by atoms with Gasteiger partial charge in [0.05, 0.1) is 32.0 Å². The Morgan fingerprint density at radius 2 is 1.97 bits per heavy atom. The largest absolute Gasteiger partial charge is 0.481 e. The van der Waals surface area contributed by atoms with Crippen LogP contribution in [0.2, 0.25) is 0 Å². The van der Waals surface area contributed by atoms with Crippen molar-refractivity contribution in [2.75, 3.05) is 32.6 Å². The Kier molecular flexibility index (Phi) is 9.59. The highest BCUT2D eigenvalue weighted by Crippen LogP contribution is 2.34. The van der Waals surface area contributed by atoms with E-state index in [0.29, 0.717) is 39.1 Å². The standard InChI is InChI=1S/C24H33NO6S/c1-32(29)19-10-8-18(9-11-19)17-31-22-16-21(26)24(25-12-14-30-15-13-25)20(22)6-4-2-3-5-7-23(27)28/h2,4,8-11,20,22,24H,3,5-7,12-17H2,1H3,(H,27,28). The molecule has 4 unspecified atom stereocenters. The Balaban J connectivity index is 1.63. The first kappa shape index (κ1) is 24.8. The van der Waals surface area contributed by atoms with Gasteiger partial charge in [-0.3, -0.25) is 18.7 Å². The number of hydrogen-bond donors (Lipinski definition) is 1. The first-order chi connectivity index (χ1) is 15.5. The lowest BCUT2D eigenvalue weighted by Crippen LogP contribution is -2.49. The van der Waals surface area contributed by atoms with E-state index < -0.39 is 16.8 Å². The van der Waals surface area contributed by atoms with Gasteiger partial charge in [-0.2, -0.15) is 0 Å². The van der Waals surface area contributed by atoms with Crippen LogP contribution in [0.5, 0.6) is 0 Å². The van der Waals surface area contributed by atoms with E-state index in [1.165, 1.54) is 0 Å². The second-order valence-electron chi connectivity index (χ2n) is 8.37. The van der Waals surface area contributed by atoms with Crippen molar-refractivity contribution in [3.05, 3.63) is 42.0 Å². The number of aliphatic carboxylic acids is 1. The lowest BCUT2D eigenvalue weighted by Gasteiger charge is -2.35. The van der Waals surface area contributed by atoms with Gasteiger partial charge in [0, 0.05) is 53.8 Å². The van der Waals surface area contributed by atoms with Crippen LogP contribution in [0.15, 0.2) is 41.3 Å². The molecule has 1 saturated heterocycles. The zero-order chi connectivity index (χ0) is 22.9. The summed E-state index contributed by atoms with van der Waals surface area (Å²) in [6.45, 7) is 3.18. The van der Waals surface area contributed by atoms with E-state index in [0.717, 1.165) is 30.0 Å². The number of carboxylic acid groups (broad SMARTS) is 1. The van der Waals surface area contributed by atoms with Crippen molar-refractivity contribution in [2.24, 2.45) is 5.92 Å². The Labute approximate surface area is 192 Å². The molecule has 0 bridgehead atoms. The summed E-state index contributed by atoms with van der Waals surface area (Å²) in [5, 5.41) is 8.77. The number of carboxylic acids is 1. The molecule has 1 aliphatic carbocycles. The zero-order valence-electron chi connectivity index (χ0n) is 18.6. The van der Waals surface area contributed by atoms with Gasteiger partial charge in [0.15, 0.2) is 5.78 Å². The maximum absolute atomic E-state index is 12.9. The van der Waals surface area contributed by atoms with Gasteiger partial charge in [-0.25, -0.2) is 0 Å². The minimum Gasteiger partial charge on any atom is -0.481 e. The summed E-state index contributed by atoms with van der Waals surface area (Å²) in [7, 11) is -1.01. The van der Waals surface area contributed by atoms with Crippen molar-refractivity contribution in [3.63, 3.8) is 0 Å². The lowest BCUT2D eigenvalue weighted by atomic mass is 9.95. The maximum Gasteiger partial charge on any atom is 0.303 e. The molecule has 3 rings (SSSR count). The van der Waals surface area contributed by atoms with Crippen LogP contribution in [0.3, 0.4) is 0 Å². The second kappa shape index (κ2) is 12.4. The SMILES string of the molecule is CS(=O)c1ccc(COC2CC(=O)C(N3CCOCC3)C2CC=CCCCC(=O)O)cc1. The number of Topliss-reactive ketones (excluding diaryl/α,β-unsaturated/α-hetero) is 1. The highest BCUT2D eigenvalue weighted by atomic mass is 32.2. The number of ether oxygens (including phenoxy) is 2. The summed E-state index contributed by atoms with van der Waals surface area (Å²) in [6.07, 6.45) is 8.19. The number of allylic oxidation sites excluding steroid dienone is 2. The van der Waals surface area contributed by atoms with Crippen LogP contribution in [-0.4, -0.2) is 70.7 Å². The number of carbonyl (C=O) groups excluding carboxylic acids is 1. The molecule has 32 heavy (non-hydrogen) atoms. The number of rotatable bonds is 11. The maximum atomic E-state index is 12.9. The molecule has 1 heterocycles. The van der Waals surface area contributed by atoms with Gasteiger partial charge >= 0.3 is 5.97 Å². The first-order valence-electron chi connectivity index (χ1n) is 11.2. The summed E-state index contributed by atoms with van der Waals surface area (Å²) in [4.78, 5) is 26.6. The number of unbranched alkanes of at least 4 members (excludes halogenated alkanes) is 1. The van der Waals surface area contributed by atoms with Crippen LogP contribution in [0.4, 0.5) is 0 Å². The Morgan fingerprint density at radius 3 is 2.62 bits per heavy atom. The third-order valence-electron chi connectivity index (χ3n) is 6.11. The quantitative estimate of drug-likeness (QED) is 0.398. The number of morpholine rings is 1. The molecule has 4 atom stereocenters. The third kappa shape index (κ3) is 7.07. The van der Waals surface area contributed by atoms with Crippen molar-refractivity contribution < 1.29 is 28.4 Å². The van der Waals surface area contributed by atoms with Crippen LogP contribution in [0.25, 0.3) is 0 Å². The highest BCUT2D eigenvalue weighted by molar-refractivity contribution is 7.84.